The van der Waals surface area contributed by atoms with E-state index in [1.165, 1.54) is 0 Å². The summed E-state index contributed by atoms with van der Waals surface area (Å²) in [6.45, 7) is 3.03. The van der Waals surface area contributed by atoms with Crippen LogP contribution in [0.15, 0.2) is 17.4 Å². The Kier molecular flexibility index (Phi) is 12.9. The van der Waals surface area contributed by atoms with E-state index in [9.17, 15) is 57.5 Å². The van der Waals surface area contributed by atoms with Crippen molar-refractivity contribution in [3.63, 3.8) is 0 Å². The lowest BCUT2D eigenvalue weighted by molar-refractivity contribution is -0.267. The van der Waals surface area contributed by atoms with Crippen LogP contribution in [0.25, 0.3) is 11.2 Å². The molecule has 0 bridgehead atoms. The summed E-state index contributed by atoms with van der Waals surface area (Å²) in [4.78, 5) is 120. The fraction of sp³-hybridized carbons (Fsp3) is 0.615. The fourth-order valence-electron chi connectivity index (χ4n) is 5.58. The molecule has 4 heterocycles. The van der Waals surface area contributed by atoms with Crippen LogP contribution >= 0.6 is 15.6 Å². The number of phosphoric acid groups is 2. The van der Waals surface area contributed by atoms with Gasteiger partial charge < -0.3 is 52.7 Å². The molecular formula is C26H34N4O21P2. The molecule has 0 aromatic carbocycles. The molecule has 0 saturated carbocycles. The molecule has 2 aliphatic rings. The average Bonchev–Trinajstić information content (AvgIpc) is 3.57. The lowest BCUT2D eigenvalue weighted by atomic mass is 9.97. The third kappa shape index (κ3) is 10.5. The molecule has 0 spiro atoms. The van der Waals surface area contributed by atoms with Crippen molar-refractivity contribution >= 4 is 56.7 Å². The van der Waals surface area contributed by atoms with Crippen LogP contribution in [-0.4, -0.2) is 124 Å². The number of hydrogen-bond donors (Lipinski definition) is 4. The van der Waals surface area contributed by atoms with Crippen LogP contribution in [0.2, 0.25) is 0 Å². The van der Waals surface area contributed by atoms with Gasteiger partial charge in [0.25, 0.3) is 5.56 Å². The number of esters is 5. The maximum absolute atomic E-state index is 14.0. The van der Waals surface area contributed by atoms with Crippen molar-refractivity contribution in [2.45, 2.75) is 89.8 Å². The van der Waals surface area contributed by atoms with Gasteiger partial charge in [0.05, 0.1) is 19.5 Å². The molecule has 25 nitrogen and oxygen atoms in total. The lowest BCUT2D eigenvalue weighted by Gasteiger charge is -2.44. The molecule has 294 valence electrons. The van der Waals surface area contributed by atoms with E-state index < -0.39 is 125 Å². The van der Waals surface area contributed by atoms with E-state index in [4.69, 9.17) is 33.2 Å². The number of ether oxygens (including phenoxy) is 7. The van der Waals surface area contributed by atoms with Crippen molar-refractivity contribution in [1.29, 1.82) is 0 Å². The van der Waals surface area contributed by atoms with E-state index in [2.05, 4.69) is 19.0 Å². The number of rotatable bonds is 13. The second-order valence-electron chi connectivity index (χ2n) is 11.4. The molecule has 2 fully saturated rings. The topological polar surface area (TPSA) is 336 Å². The van der Waals surface area contributed by atoms with Crippen molar-refractivity contribution in [2.24, 2.45) is 0 Å². The first-order valence-corrected chi connectivity index (χ1v) is 18.1. The zero-order chi connectivity index (χ0) is 39.6. The van der Waals surface area contributed by atoms with Crippen molar-refractivity contribution in [3.05, 3.63) is 23.0 Å². The van der Waals surface area contributed by atoms with Gasteiger partial charge in [-0.25, -0.2) is 19.1 Å². The number of phosphoric ester groups is 2. The Balaban J connectivity index is 1.83. The predicted octanol–water partition coefficient (Wildman–Crippen LogP) is -1.74. The molecule has 2 aromatic heterocycles. The van der Waals surface area contributed by atoms with Crippen LogP contribution in [0.3, 0.4) is 0 Å². The van der Waals surface area contributed by atoms with Crippen LogP contribution < -0.4 is 5.56 Å². The lowest BCUT2D eigenvalue weighted by Crippen LogP contribution is -2.61. The predicted molar refractivity (Wildman–Crippen MR) is 163 cm³/mol. The van der Waals surface area contributed by atoms with Gasteiger partial charge in [0.2, 0.25) is 0 Å². The maximum atomic E-state index is 14.0. The van der Waals surface area contributed by atoms with E-state index in [-0.39, 0.29) is 5.65 Å². The highest BCUT2D eigenvalue weighted by Gasteiger charge is 2.54. The number of hydrogen-bond acceptors (Lipinski definition) is 19. The average molecular weight is 801 g/mol. The Morgan fingerprint density at radius 2 is 0.981 bits per heavy atom. The Hall–Kier alpha value is -4.16. The summed E-state index contributed by atoms with van der Waals surface area (Å²) < 4.78 is 72.1. The van der Waals surface area contributed by atoms with Gasteiger partial charge in [0.15, 0.2) is 54.1 Å². The molecule has 53 heavy (non-hydrogen) atoms. The van der Waals surface area contributed by atoms with E-state index in [1.54, 1.807) is 0 Å². The number of fused-ring (bicyclic) bond motifs is 1. The normalized spacial score (nSPS) is 27.5. The van der Waals surface area contributed by atoms with E-state index >= 15 is 0 Å². The first-order chi connectivity index (χ1) is 24.6. The monoisotopic (exact) mass is 800 g/mol. The molecule has 2 saturated heterocycles. The molecule has 0 aliphatic carbocycles. The molecule has 27 heteroatoms. The first kappa shape index (κ1) is 41.6. The Bertz CT molecular complexity index is 1890. The minimum absolute atomic E-state index is 0.276. The van der Waals surface area contributed by atoms with Gasteiger partial charge in [-0.15, -0.1) is 0 Å². The van der Waals surface area contributed by atoms with E-state index in [0.717, 1.165) is 56.4 Å². The second kappa shape index (κ2) is 16.5. The van der Waals surface area contributed by atoms with Crippen LogP contribution in [0.1, 0.15) is 47.1 Å². The molecular weight excluding hydrogens is 766 g/mol. The fourth-order valence-corrected chi connectivity index (χ4v) is 6.26. The molecule has 0 unspecified atom stereocenters. The summed E-state index contributed by atoms with van der Waals surface area (Å²) in [5.41, 5.74) is -1.78. The van der Waals surface area contributed by atoms with Crippen molar-refractivity contribution in [3.8, 4) is 0 Å². The standard InChI is InChI=1S/C26H34N4O21P2/c1-10(31)45-18-15(6-43-52(37,38)39)51-26(22(49-14(5)35)20(18)47-12(3)33)30-9-28-23-17(24(30)36)27-8-29(23)25-21(48-13(4)34)19(46-11(2)32)16(50-25)7-44-53(40,41)42/h8-9,15-16,18-22,25-26H,6-7H2,1-5H3,(H2,37,38,39)(H2,40,41,42)/t15-,16-,18-,19-,20+,21-,22-,25-,26-/m1/s1. The summed E-state index contributed by atoms with van der Waals surface area (Å²) in [6.07, 6.45) is -12.9. The van der Waals surface area contributed by atoms with Gasteiger partial charge in [0, 0.05) is 34.6 Å². The number of aromatic nitrogens is 4. The van der Waals surface area contributed by atoms with Crippen LogP contribution in [-0.2, 0) is 75.3 Å². The maximum Gasteiger partial charge on any atom is 0.469 e. The Morgan fingerprint density at radius 3 is 1.42 bits per heavy atom. The summed E-state index contributed by atoms with van der Waals surface area (Å²) in [6, 6.07) is 0. The van der Waals surface area contributed by atoms with Gasteiger partial charge in [-0.1, -0.05) is 0 Å². The molecule has 0 radical (unpaired) electrons. The highest BCUT2D eigenvalue weighted by molar-refractivity contribution is 7.46. The van der Waals surface area contributed by atoms with Gasteiger partial charge in [-0.2, -0.15) is 0 Å². The third-order valence-corrected chi connectivity index (χ3v) is 8.25. The molecule has 0 amide bonds. The third-order valence-electron chi connectivity index (χ3n) is 7.28. The molecule has 4 N–H and O–H groups in total. The highest BCUT2D eigenvalue weighted by atomic mass is 31.2. The number of carbonyl (C=O) groups is 5. The number of imidazole rings is 1. The second-order valence-corrected chi connectivity index (χ2v) is 13.8. The smallest absolute Gasteiger partial charge is 0.456 e. The number of carbonyl (C=O) groups excluding carboxylic acids is 5. The largest absolute Gasteiger partial charge is 0.469 e. The molecule has 4 rings (SSSR count). The quantitative estimate of drug-likeness (QED) is 0.0992. The SMILES string of the molecule is CC(=O)O[C@@H]1[C@@H](OC(C)=O)[C@H](n2cnc3c(ncn3[C@@H]3O[C@H](COP(=O)(O)O)[C@@H](OC(C)=O)[C@H]3OC(C)=O)c2=O)O[C@H](COP(=O)(O)O)[C@H]1OC(C)=O. The van der Waals surface area contributed by atoms with Gasteiger partial charge in [0.1, 0.15) is 18.5 Å². The Labute approximate surface area is 296 Å². The van der Waals surface area contributed by atoms with Crippen LogP contribution in [0.4, 0.5) is 0 Å². The summed E-state index contributed by atoms with van der Waals surface area (Å²) in [5.74, 6) is -4.75. The molecule has 2 aliphatic heterocycles. The van der Waals surface area contributed by atoms with Gasteiger partial charge in [-0.05, 0) is 0 Å². The van der Waals surface area contributed by atoms with Crippen LogP contribution in [0.5, 0.6) is 0 Å². The van der Waals surface area contributed by atoms with Crippen LogP contribution in [0, 0.1) is 0 Å². The van der Waals surface area contributed by atoms with Crippen molar-refractivity contribution in [1.82, 2.24) is 19.1 Å². The van der Waals surface area contributed by atoms with Crippen molar-refractivity contribution < 1.29 is 94.9 Å². The minimum Gasteiger partial charge on any atom is -0.456 e. The minimum atomic E-state index is -5.19. The zero-order valence-electron chi connectivity index (χ0n) is 28.2. The Morgan fingerprint density at radius 1 is 0.623 bits per heavy atom. The highest BCUT2D eigenvalue weighted by Crippen LogP contribution is 2.42. The van der Waals surface area contributed by atoms with Crippen molar-refractivity contribution in [2.75, 3.05) is 13.2 Å². The van der Waals surface area contributed by atoms with Gasteiger partial charge >= 0.3 is 45.5 Å². The van der Waals surface area contributed by atoms with E-state index in [0.29, 0.717) is 0 Å². The molecule has 2 aromatic rings. The van der Waals surface area contributed by atoms with E-state index in [1.807, 2.05) is 0 Å². The first-order valence-electron chi connectivity index (χ1n) is 15.1. The van der Waals surface area contributed by atoms with Gasteiger partial charge in [-0.3, -0.25) is 46.9 Å². The summed E-state index contributed by atoms with van der Waals surface area (Å²) >= 11 is 0. The summed E-state index contributed by atoms with van der Waals surface area (Å²) in [7, 11) is -10.3. The molecule has 9 atom stereocenters. The summed E-state index contributed by atoms with van der Waals surface area (Å²) in [5, 5.41) is 0. The number of nitrogens with zero attached hydrogens (tertiary/aromatic N) is 4. The zero-order valence-corrected chi connectivity index (χ0v) is 30.0.